The number of aromatic amines is 1. The van der Waals surface area contributed by atoms with E-state index in [0.717, 1.165) is 10.7 Å². The average molecular weight is 356 g/mol. The largest absolute Gasteiger partial charge is 0.269 e. The van der Waals surface area contributed by atoms with E-state index in [-0.39, 0.29) is 5.56 Å². The minimum absolute atomic E-state index is 0.172. The van der Waals surface area contributed by atoms with Gasteiger partial charge in [-0.2, -0.15) is 10.1 Å². The molecule has 0 aliphatic carbocycles. The molecule has 0 amide bonds. The Bertz CT molecular complexity index is 1050. The van der Waals surface area contributed by atoms with Crippen molar-refractivity contribution >= 4 is 34.0 Å². The molecule has 0 bridgehead atoms. The highest BCUT2D eigenvalue weighted by atomic mass is 32.2. The molecule has 1 aromatic carbocycles. The molecule has 0 aliphatic rings. The number of benzene rings is 1. The average Bonchev–Trinajstić information content (AvgIpc) is 3.25. The predicted octanol–water partition coefficient (Wildman–Crippen LogP) is 2.56. The van der Waals surface area contributed by atoms with Crippen LogP contribution in [0, 0.1) is 6.92 Å². The molecule has 120 valence electrons. The summed E-state index contributed by atoms with van der Waals surface area (Å²) in [6.45, 7) is 1.97. The maximum atomic E-state index is 12.9. The molecule has 0 saturated carbocycles. The molecule has 3 heterocycles. The van der Waals surface area contributed by atoms with E-state index in [1.807, 2.05) is 30.5 Å². The number of thioether (sulfide) groups is 1. The standard InChI is InChI=1S/C15H12N6OS2/c1-9-18-10(6-23-9)7-24-15-19-12-5-3-2-4-11(12)13(22)21(15)14-16-8-17-20-14/h2-6,8H,7H2,1H3,(H,16,17,20). The van der Waals surface area contributed by atoms with E-state index in [2.05, 4.69) is 25.1 Å². The van der Waals surface area contributed by atoms with Crippen LogP contribution in [0.2, 0.25) is 0 Å². The number of nitrogens with one attached hydrogen (secondary N) is 1. The fourth-order valence-corrected chi connectivity index (χ4v) is 3.92. The van der Waals surface area contributed by atoms with Gasteiger partial charge in [-0.1, -0.05) is 23.9 Å². The SMILES string of the molecule is Cc1nc(CSc2nc3ccccc3c(=O)n2-c2ncn[nH]2)cs1. The lowest BCUT2D eigenvalue weighted by Crippen LogP contribution is -2.22. The summed E-state index contributed by atoms with van der Waals surface area (Å²) in [6.07, 6.45) is 1.37. The van der Waals surface area contributed by atoms with E-state index in [1.165, 1.54) is 22.7 Å². The quantitative estimate of drug-likeness (QED) is 0.446. The lowest BCUT2D eigenvalue weighted by Gasteiger charge is -2.09. The van der Waals surface area contributed by atoms with Gasteiger partial charge < -0.3 is 0 Å². The van der Waals surface area contributed by atoms with E-state index in [4.69, 9.17) is 0 Å². The molecule has 0 fully saturated rings. The van der Waals surface area contributed by atoms with Crippen LogP contribution >= 0.6 is 23.1 Å². The van der Waals surface area contributed by atoms with Crippen molar-refractivity contribution in [2.45, 2.75) is 17.8 Å². The summed E-state index contributed by atoms with van der Waals surface area (Å²) in [5.74, 6) is 0.985. The molecule has 3 aromatic heterocycles. The fraction of sp³-hybridized carbons (Fsp3) is 0.133. The summed E-state index contributed by atoms with van der Waals surface area (Å²) < 4.78 is 1.46. The molecule has 4 aromatic rings. The normalized spacial score (nSPS) is 11.2. The van der Waals surface area contributed by atoms with Crippen LogP contribution in [0.5, 0.6) is 0 Å². The van der Waals surface area contributed by atoms with Crippen LogP contribution in [0.25, 0.3) is 16.9 Å². The minimum Gasteiger partial charge on any atom is -0.268 e. The van der Waals surface area contributed by atoms with Crippen molar-refractivity contribution in [3.63, 3.8) is 0 Å². The van der Waals surface area contributed by atoms with Crippen molar-refractivity contribution in [2.75, 3.05) is 0 Å². The van der Waals surface area contributed by atoms with Crippen LogP contribution in [0.1, 0.15) is 10.7 Å². The summed E-state index contributed by atoms with van der Waals surface area (Å²) in [4.78, 5) is 26.1. The molecule has 0 unspecified atom stereocenters. The summed E-state index contributed by atoms with van der Waals surface area (Å²) in [6, 6.07) is 7.28. The van der Waals surface area contributed by atoms with Crippen molar-refractivity contribution in [3.05, 3.63) is 57.0 Å². The monoisotopic (exact) mass is 356 g/mol. The Balaban J connectivity index is 1.83. The van der Waals surface area contributed by atoms with Gasteiger partial charge in [-0.15, -0.1) is 11.3 Å². The van der Waals surface area contributed by atoms with Crippen LogP contribution in [-0.2, 0) is 5.75 Å². The zero-order valence-electron chi connectivity index (χ0n) is 12.6. The Morgan fingerprint density at radius 3 is 2.92 bits per heavy atom. The zero-order valence-corrected chi connectivity index (χ0v) is 14.3. The number of rotatable bonds is 4. The van der Waals surface area contributed by atoms with Gasteiger partial charge in [0.2, 0.25) is 5.95 Å². The zero-order chi connectivity index (χ0) is 16.5. The first-order valence-electron chi connectivity index (χ1n) is 7.14. The van der Waals surface area contributed by atoms with Gasteiger partial charge in [0.05, 0.1) is 21.6 Å². The number of fused-ring (bicyclic) bond motifs is 1. The number of hydrogen-bond donors (Lipinski definition) is 1. The third-order valence-electron chi connectivity index (χ3n) is 3.37. The Morgan fingerprint density at radius 1 is 1.29 bits per heavy atom. The molecule has 24 heavy (non-hydrogen) atoms. The number of nitrogens with zero attached hydrogens (tertiary/aromatic N) is 5. The number of thiazole rings is 1. The Hall–Kier alpha value is -2.52. The highest BCUT2D eigenvalue weighted by Gasteiger charge is 2.15. The summed E-state index contributed by atoms with van der Waals surface area (Å²) in [7, 11) is 0. The molecule has 0 atom stereocenters. The van der Waals surface area contributed by atoms with E-state index < -0.39 is 0 Å². The van der Waals surface area contributed by atoms with Crippen LogP contribution in [0.15, 0.2) is 45.9 Å². The second-order valence-corrected chi connectivity index (χ2v) is 7.01. The summed E-state index contributed by atoms with van der Waals surface area (Å²) >= 11 is 3.05. The van der Waals surface area contributed by atoms with Crippen LogP contribution in [-0.4, -0.2) is 29.7 Å². The van der Waals surface area contributed by atoms with Crippen molar-refractivity contribution < 1.29 is 0 Å². The second kappa shape index (κ2) is 6.17. The maximum absolute atomic E-state index is 12.9. The highest BCUT2D eigenvalue weighted by Crippen LogP contribution is 2.24. The topological polar surface area (TPSA) is 89.3 Å². The third-order valence-corrected chi connectivity index (χ3v) is 5.17. The lowest BCUT2D eigenvalue weighted by molar-refractivity contribution is 0.770. The molecule has 4 rings (SSSR count). The molecule has 0 aliphatic heterocycles. The van der Waals surface area contributed by atoms with Gasteiger partial charge in [-0.25, -0.2) is 19.6 Å². The predicted molar refractivity (Wildman–Crippen MR) is 93.7 cm³/mol. The van der Waals surface area contributed by atoms with Gasteiger partial charge in [0.1, 0.15) is 6.33 Å². The number of hydrogen-bond acceptors (Lipinski definition) is 7. The van der Waals surface area contributed by atoms with Crippen LogP contribution in [0.4, 0.5) is 0 Å². The molecular weight excluding hydrogens is 344 g/mol. The van der Waals surface area contributed by atoms with E-state index in [9.17, 15) is 4.79 Å². The van der Waals surface area contributed by atoms with Gasteiger partial charge >= 0.3 is 0 Å². The number of aromatic nitrogens is 6. The summed E-state index contributed by atoms with van der Waals surface area (Å²) in [5, 5.41) is 10.7. The molecule has 0 saturated heterocycles. The number of aryl methyl sites for hydroxylation is 1. The maximum Gasteiger partial charge on any atom is 0.269 e. The molecule has 0 spiro atoms. The van der Waals surface area contributed by atoms with Gasteiger partial charge in [-0.3, -0.25) is 4.79 Å². The van der Waals surface area contributed by atoms with E-state index in [0.29, 0.717) is 27.8 Å². The first-order valence-corrected chi connectivity index (χ1v) is 9.00. The van der Waals surface area contributed by atoms with Gasteiger partial charge in [-0.05, 0) is 19.1 Å². The molecule has 9 heteroatoms. The molecule has 7 nitrogen and oxygen atoms in total. The Kier molecular flexibility index (Phi) is 3.87. The molecular formula is C15H12N6OS2. The second-order valence-electron chi connectivity index (χ2n) is 5.01. The van der Waals surface area contributed by atoms with E-state index >= 15 is 0 Å². The van der Waals surface area contributed by atoms with Gasteiger partial charge in [0, 0.05) is 11.1 Å². The minimum atomic E-state index is -0.172. The van der Waals surface area contributed by atoms with Crippen molar-refractivity contribution in [1.82, 2.24) is 29.7 Å². The summed E-state index contributed by atoms with van der Waals surface area (Å²) in [5.41, 5.74) is 1.46. The Morgan fingerprint density at radius 2 is 2.17 bits per heavy atom. The number of H-pyrrole nitrogens is 1. The molecule has 1 N–H and O–H groups in total. The molecule has 0 radical (unpaired) electrons. The van der Waals surface area contributed by atoms with Gasteiger partial charge in [0.15, 0.2) is 5.16 Å². The smallest absolute Gasteiger partial charge is 0.268 e. The third kappa shape index (κ3) is 2.72. The first-order chi connectivity index (χ1) is 11.7. The fourth-order valence-electron chi connectivity index (χ4n) is 2.32. The van der Waals surface area contributed by atoms with Gasteiger partial charge in [0.25, 0.3) is 5.56 Å². The number of para-hydroxylation sites is 1. The first kappa shape index (κ1) is 15.0. The van der Waals surface area contributed by atoms with Crippen molar-refractivity contribution in [1.29, 1.82) is 0 Å². The van der Waals surface area contributed by atoms with Crippen LogP contribution < -0.4 is 5.56 Å². The lowest BCUT2D eigenvalue weighted by atomic mass is 10.2. The van der Waals surface area contributed by atoms with Crippen molar-refractivity contribution in [2.24, 2.45) is 0 Å². The van der Waals surface area contributed by atoms with Crippen molar-refractivity contribution in [3.8, 4) is 5.95 Å². The Labute approximate surface area is 144 Å². The highest BCUT2D eigenvalue weighted by molar-refractivity contribution is 7.98. The van der Waals surface area contributed by atoms with Crippen LogP contribution in [0.3, 0.4) is 0 Å². The van der Waals surface area contributed by atoms with E-state index in [1.54, 1.807) is 17.4 Å².